The number of likely N-dealkylation sites (N-methyl/N-ethyl adjacent to an activating group) is 1. The summed E-state index contributed by atoms with van der Waals surface area (Å²) < 4.78 is 5.55. The maximum absolute atomic E-state index is 12.4. The lowest BCUT2D eigenvalue weighted by molar-refractivity contribution is -0.125. The van der Waals surface area contributed by atoms with Crippen molar-refractivity contribution in [3.05, 3.63) is 54.1 Å². The number of amides is 2. The van der Waals surface area contributed by atoms with E-state index in [9.17, 15) is 14.4 Å². The van der Waals surface area contributed by atoms with E-state index in [1.807, 2.05) is 18.2 Å². The molecule has 2 aromatic rings. The summed E-state index contributed by atoms with van der Waals surface area (Å²) in [6.45, 7) is 1.69. The zero-order valence-corrected chi connectivity index (χ0v) is 14.7. The third kappa shape index (κ3) is 3.74. The molecule has 0 spiro atoms. The van der Waals surface area contributed by atoms with Crippen molar-refractivity contribution in [2.75, 3.05) is 17.3 Å². The van der Waals surface area contributed by atoms with Gasteiger partial charge in [0.1, 0.15) is 5.75 Å². The van der Waals surface area contributed by atoms with E-state index in [0.717, 1.165) is 0 Å². The maximum Gasteiger partial charge on any atom is 0.267 e. The van der Waals surface area contributed by atoms with Crippen molar-refractivity contribution >= 4 is 29.0 Å². The van der Waals surface area contributed by atoms with Gasteiger partial charge in [0.25, 0.3) is 5.91 Å². The minimum absolute atomic E-state index is 0.0897. The molecule has 1 N–H and O–H groups in total. The van der Waals surface area contributed by atoms with Crippen LogP contribution in [0.4, 0.5) is 11.4 Å². The second-order valence-corrected chi connectivity index (χ2v) is 6.18. The Morgan fingerprint density at radius 2 is 1.85 bits per heavy atom. The van der Waals surface area contributed by atoms with Gasteiger partial charge in [0.15, 0.2) is 11.9 Å². The van der Waals surface area contributed by atoms with Crippen LogP contribution in [0.5, 0.6) is 5.75 Å². The molecule has 0 aromatic heterocycles. The molecule has 1 heterocycles. The summed E-state index contributed by atoms with van der Waals surface area (Å²) in [6, 6.07) is 14.1. The predicted octanol–water partition coefficient (Wildman–Crippen LogP) is 3.03. The number of ether oxygens (including phenoxy) is 1. The number of hydrogen-bond acceptors (Lipinski definition) is 4. The van der Waals surface area contributed by atoms with E-state index in [-0.39, 0.29) is 30.4 Å². The van der Waals surface area contributed by atoms with Crippen LogP contribution in [0.2, 0.25) is 0 Å². The number of nitrogens with one attached hydrogen (secondary N) is 1. The molecule has 1 aliphatic heterocycles. The van der Waals surface area contributed by atoms with Gasteiger partial charge in [-0.2, -0.15) is 0 Å². The Labute approximate surface area is 151 Å². The Bertz CT molecular complexity index is 848. The lowest BCUT2D eigenvalue weighted by Gasteiger charge is -2.30. The van der Waals surface area contributed by atoms with Crippen LogP contribution >= 0.6 is 0 Å². The van der Waals surface area contributed by atoms with Gasteiger partial charge < -0.3 is 15.0 Å². The Morgan fingerprint density at radius 3 is 2.58 bits per heavy atom. The van der Waals surface area contributed by atoms with E-state index >= 15 is 0 Å². The monoisotopic (exact) mass is 352 g/mol. The number of para-hydroxylation sites is 1. The van der Waals surface area contributed by atoms with Gasteiger partial charge in [0.2, 0.25) is 5.91 Å². The SMILES string of the molecule is CC1Oc2ccc(C(=O)CCC(=O)Nc3ccccc3)cc2N(C)C1=O. The summed E-state index contributed by atoms with van der Waals surface area (Å²) in [4.78, 5) is 37.9. The van der Waals surface area contributed by atoms with Crippen molar-refractivity contribution in [3.63, 3.8) is 0 Å². The number of benzene rings is 2. The molecule has 6 heteroatoms. The van der Waals surface area contributed by atoms with Crippen molar-refractivity contribution in [1.82, 2.24) is 0 Å². The van der Waals surface area contributed by atoms with Crippen molar-refractivity contribution in [3.8, 4) is 5.75 Å². The van der Waals surface area contributed by atoms with E-state index in [2.05, 4.69) is 5.32 Å². The van der Waals surface area contributed by atoms with Crippen LogP contribution in [0.15, 0.2) is 48.5 Å². The third-order valence-corrected chi connectivity index (χ3v) is 4.26. The molecule has 0 bridgehead atoms. The molecule has 2 amide bonds. The zero-order valence-electron chi connectivity index (χ0n) is 14.7. The second-order valence-electron chi connectivity index (χ2n) is 6.18. The number of Topliss-reactive ketones (excluding diaryl/α,β-unsaturated/α-hetero) is 1. The zero-order chi connectivity index (χ0) is 18.7. The third-order valence-electron chi connectivity index (χ3n) is 4.26. The summed E-state index contributed by atoms with van der Waals surface area (Å²) in [7, 11) is 1.65. The van der Waals surface area contributed by atoms with Gasteiger partial charge >= 0.3 is 0 Å². The number of fused-ring (bicyclic) bond motifs is 1. The Balaban J connectivity index is 1.64. The molecule has 6 nitrogen and oxygen atoms in total. The highest BCUT2D eigenvalue weighted by molar-refractivity contribution is 6.04. The minimum Gasteiger partial charge on any atom is -0.479 e. The lowest BCUT2D eigenvalue weighted by Crippen LogP contribution is -2.42. The molecule has 3 rings (SSSR count). The van der Waals surface area contributed by atoms with Crippen LogP contribution in [0.3, 0.4) is 0 Å². The number of carbonyl (C=O) groups excluding carboxylic acids is 3. The number of ketones is 1. The highest BCUT2D eigenvalue weighted by Gasteiger charge is 2.29. The van der Waals surface area contributed by atoms with Gasteiger partial charge in [-0.25, -0.2) is 0 Å². The fourth-order valence-corrected chi connectivity index (χ4v) is 2.80. The van der Waals surface area contributed by atoms with Crippen LogP contribution in [-0.2, 0) is 9.59 Å². The topological polar surface area (TPSA) is 75.7 Å². The number of rotatable bonds is 5. The van der Waals surface area contributed by atoms with Gasteiger partial charge in [0.05, 0.1) is 5.69 Å². The largest absolute Gasteiger partial charge is 0.479 e. The molecule has 0 aliphatic carbocycles. The van der Waals surface area contributed by atoms with Crippen LogP contribution in [0.25, 0.3) is 0 Å². The minimum atomic E-state index is -0.546. The number of anilines is 2. The van der Waals surface area contributed by atoms with Gasteiger partial charge in [-0.05, 0) is 37.3 Å². The average molecular weight is 352 g/mol. The van der Waals surface area contributed by atoms with E-state index in [1.165, 1.54) is 4.90 Å². The molecule has 134 valence electrons. The Morgan fingerprint density at radius 1 is 1.12 bits per heavy atom. The van der Waals surface area contributed by atoms with Crippen molar-refractivity contribution in [2.24, 2.45) is 0 Å². The summed E-state index contributed by atoms with van der Waals surface area (Å²) in [5, 5.41) is 2.75. The van der Waals surface area contributed by atoms with E-state index in [4.69, 9.17) is 4.74 Å². The van der Waals surface area contributed by atoms with Crippen molar-refractivity contribution < 1.29 is 19.1 Å². The molecular weight excluding hydrogens is 332 g/mol. The fourth-order valence-electron chi connectivity index (χ4n) is 2.80. The maximum atomic E-state index is 12.4. The average Bonchev–Trinajstić information content (AvgIpc) is 2.65. The number of nitrogens with zero attached hydrogens (tertiary/aromatic N) is 1. The predicted molar refractivity (Wildman–Crippen MR) is 98.6 cm³/mol. The molecule has 1 unspecified atom stereocenters. The molecule has 0 fully saturated rings. The summed E-state index contributed by atoms with van der Waals surface area (Å²) in [6.07, 6.45) is -0.366. The molecule has 1 aliphatic rings. The van der Waals surface area contributed by atoms with E-state index in [0.29, 0.717) is 22.7 Å². The lowest BCUT2D eigenvalue weighted by atomic mass is 10.0. The quantitative estimate of drug-likeness (QED) is 0.839. The fraction of sp³-hybridized carbons (Fsp3) is 0.250. The highest BCUT2D eigenvalue weighted by Crippen LogP contribution is 2.34. The number of carbonyl (C=O) groups is 3. The summed E-state index contributed by atoms with van der Waals surface area (Å²) in [5.74, 6) is 0.0322. The molecule has 1 atom stereocenters. The van der Waals surface area contributed by atoms with Crippen LogP contribution in [0.1, 0.15) is 30.1 Å². The first-order valence-corrected chi connectivity index (χ1v) is 8.42. The molecule has 26 heavy (non-hydrogen) atoms. The summed E-state index contributed by atoms with van der Waals surface area (Å²) in [5.41, 5.74) is 1.71. The van der Waals surface area contributed by atoms with Gasteiger partial charge in [0, 0.05) is 31.1 Å². The van der Waals surface area contributed by atoms with Crippen LogP contribution in [0, 0.1) is 0 Å². The Kier molecular flexibility index (Phi) is 5.02. The van der Waals surface area contributed by atoms with Crippen LogP contribution < -0.4 is 15.0 Å². The first kappa shape index (κ1) is 17.7. The van der Waals surface area contributed by atoms with E-state index < -0.39 is 6.10 Å². The smallest absolute Gasteiger partial charge is 0.267 e. The standard InChI is InChI=1S/C20H20N2O4/c1-13-20(25)22(2)16-12-14(8-10-18(16)26-13)17(23)9-11-19(24)21-15-6-4-3-5-7-15/h3-8,10,12-13H,9,11H2,1-2H3,(H,21,24). The van der Waals surface area contributed by atoms with Gasteiger partial charge in [-0.1, -0.05) is 18.2 Å². The van der Waals surface area contributed by atoms with Crippen LogP contribution in [-0.4, -0.2) is 30.7 Å². The molecular formula is C20H20N2O4. The molecule has 0 saturated carbocycles. The van der Waals surface area contributed by atoms with Crippen molar-refractivity contribution in [1.29, 1.82) is 0 Å². The molecule has 0 saturated heterocycles. The van der Waals surface area contributed by atoms with Gasteiger partial charge in [-0.15, -0.1) is 0 Å². The van der Waals surface area contributed by atoms with E-state index in [1.54, 1.807) is 44.3 Å². The van der Waals surface area contributed by atoms with Crippen molar-refractivity contribution in [2.45, 2.75) is 25.9 Å². The summed E-state index contributed by atoms with van der Waals surface area (Å²) >= 11 is 0. The molecule has 2 aromatic carbocycles. The number of hydrogen-bond donors (Lipinski definition) is 1. The van der Waals surface area contributed by atoms with Gasteiger partial charge in [-0.3, -0.25) is 14.4 Å². The second kappa shape index (κ2) is 7.39. The molecule has 0 radical (unpaired) electrons. The first-order valence-electron chi connectivity index (χ1n) is 8.42. The Hall–Kier alpha value is -3.15. The normalized spacial score (nSPS) is 15.8. The first-order chi connectivity index (χ1) is 12.5. The highest BCUT2D eigenvalue weighted by atomic mass is 16.5.